The number of imidazole rings is 1. The van der Waals surface area contributed by atoms with Crippen molar-refractivity contribution in [2.75, 3.05) is 6.54 Å². The van der Waals surface area contributed by atoms with Crippen LogP contribution in [-0.2, 0) is 0 Å². The molecule has 2 N–H and O–H groups in total. The van der Waals surface area contributed by atoms with Gasteiger partial charge in [-0.15, -0.1) is 0 Å². The molecule has 0 saturated carbocycles. The minimum absolute atomic E-state index is 0.123. The summed E-state index contributed by atoms with van der Waals surface area (Å²) in [5.74, 6) is 0. The molecule has 0 radical (unpaired) electrons. The maximum absolute atomic E-state index is 6.08. The first kappa shape index (κ1) is 13.8. The van der Waals surface area contributed by atoms with Crippen LogP contribution in [0.3, 0.4) is 0 Å². The molecule has 0 fully saturated rings. The molecule has 1 unspecified atom stereocenters. The van der Waals surface area contributed by atoms with Crippen LogP contribution in [0.1, 0.15) is 28.3 Å². The maximum atomic E-state index is 6.08. The van der Waals surface area contributed by atoms with Gasteiger partial charge in [-0.05, 0) is 55.2 Å². The Labute approximate surface area is 125 Å². The van der Waals surface area contributed by atoms with Gasteiger partial charge in [0.15, 0.2) is 0 Å². The number of hydrogen-bond acceptors (Lipinski definition) is 2. The lowest BCUT2D eigenvalue weighted by atomic mass is 10.0. The van der Waals surface area contributed by atoms with Gasteiger partial charge in [-0.3, -0.25) is 0 Å². The van der Waals surface area contributed by atoms with Crippen LogP contribution in [0.4, 0.5) is 0 Å². The van der Waals surface area contributed by atoms with Gasteiger partial charge in [0, 0.05) is 6.54 Å². The van der Waals surface area contributed by atoms with Crippen molar-refractivity contribution in [3.05, 3.63) is 65.0 Å². The molecule has 3 heteroatoms. The number of rotatable bonds is 3. The monoisotopic (exact) mass is 279 g/mol. The zero-order valence-electron chi connectivity index (χ0n) is 12.8. The van der Waals surface area contributed by atoms with Crippen LogP contribution in [0, 0.1) is 20.8 Å². The lowest BCUT2D eigenvalue weighted by molar-refractivity contribution is 0.607. The van der Waals surface area contributed by atoms with Gasteiger partial charge in [0.1, 0.15) is 0 Å². The Hall–Kier alpha value is -2.13. The molecule has 0 spiro atoms. The van der Waals surface area contributed by atoms with Gasteiger partial charge in [-0.1, -0.05) is 24.3 Å². The number of fused-ring (bicyclic) bond motifs is 1. The summed E-state index contributed by atoms with van der Waals surface area (Å²) in [6.45, 7) is 6.95. The lowest BCUT2D eigenvalue weighted by Gasteiger charge is -2.20. The first-order chi connectivity index (χ1) is 10.1. The molecule has 1 atom stereocenters. The number of hydrogen-bond donors (Lipinski definition) is 1. The second-order valence-electron chi connectivity index (χ2n) is 5.69. The fourth-order valence-electron chi connectivity index (χ4n) is 2.88. The third-order valence-electron chi connectivity index (χ3n) is 4.30. The Morgan fingerprint density at radius 1 is 1.05 bits per heavy atom. The summed E-state index contributed by atoms with van der Waals surface area (Å²) in [7, 11) is 0. The highest BCUT2D eigenvalue weighted by atomic mass is 15.1. The fraction of sp³-hybridized carbons (Fsp3) is 0.278. The van der Waals surface area contributed by atoms with Gasteiger partial charge in [0.2, 0.25) is 0 Å². The van der Waals surface area contributed by atoms with E-state index in [-0.39, 0.29) is 6.04 Å². The largest absolute Gasteiger partial charge is 0.328 e. The molecule has 0 aliphatic carbocycles. The van der Waals surface area contributed by atoms with Crippen molar-refractivity contribution in [3.8, 4) is 0 Å². The molecule has 3 rings (SSSR count). The number of benzene rings is 2. The molecule has 1 aromatic heterocycles. The summed E-state index contributed by atoms with van der Waals surface area (Å²) >= 11 is 0. The van der Waals surface area contributed by atoms with Crippen LogP contribution in [-0.4, -0.2) is 16.1 Å². The Balaban J connectivity index is 2.18. The number of nitrogens with zero attached hydrogens (tertiary/aromatic N) is 2. The van der Waals surface area contributed by atoms with E-state index in [1.807, 2.05) is 6.33 Å². The Morgan fingerprint density at radius 3 is 2.48 bits per heavy atom. The zero-order chi connectivity index (χ0) is 15.0. The average Bonchev–Trinajstić information content (AvgIpc) is 2.85. The van der Waals surface area contributed by atoms with Crippen molar-refractivity contribution < 1.29 is 0 Å². The quantitative estimate of drug-likeness (QED) is 0.797. The van der Waals surface area contributed by atoms with Gasteiger partial charge in [0.25, 0.3) is 0 Å². The van der Waals surface area contributed by atoms with E-state index >= 15 is 0 Å². The summed E-state index contributed by atoms with van der Waals surface area (Å²) in [6.07, 6.45) is 1.91. The number of aryl methyl sites for hydroxylation is 3. The Bertz CT molecular complexity index is 786. The highest BCUT2D eigenvalue weighted by Crippen LogP contribution is 2.26. The van der Waals surface area contributed by atoms with Gasteiger partial charge < -0.3 is 10.3 Å². The summed E-state index contributed by atoms with van der Waals surface area (Å²) in [6, 6.07) is 12.9. The molecule has 3 nitrogen and oxygen atoms in total. The van der Waals surface area contributed by atoms with E-state index in [0.717, 1.165) is 11.0 Å². The van der Waals surface area contributed by atoms with E-state index in [9.17, 15) is 0 Å². The topological polar surface area (TPSA) is 43.8 Å². The first-order valence-electron chi connectivity index (χ1n) is 7.31. The van der Waals surface area contributed by atoms with Gasteiger partial charge in [0.05, 0.1) is 23.4 Å². The van der Waals surface area contributed by atoms with Crippen LogP contribution in [0.25, 0.3) is 11.0 Å². The summed E-state index contributed by atoms with van der Waals surface area (Å²) < 4.78 is 2.20. The van der Waals surface area contributed by atoms with Crippen LogP contribution < -0.4 is 5.73 Å². The van der Waals surface area contributed by atoms with Gasteiger partial charge in [-0.25, -0.2) is 4.98 Å². The van der Waals surface area contributed by atoms with Crippen molar-refractivity contribution in [3.63, 3.8) is 0 Å². The van der Waals surface area contributed by atoms with E-state index in [1.165, 1.54) is 22.3 Å². The second-order valence-corrected chi connectivity index (χ2v) is 5.69. The normalized spacial score (nSPS) is 12.8. The molecule has 0 saturated heterocycles. The standard InChI is InChI=1S/C18H21N3/c1-12-6-4-5-7-15(12)18(10-19)21-11-20-16-8-13(2)14(3)9-17(16)21/h4-9,11,18H,10,19H2,1-3H3. The highest BCUT2D eigenvalue weighted by Gasteiger charge is 2.16. The van der Waals surface area contributed by atoms with E-state index in [2.05, 4.69) is 66.7 Å². The zero-order valence-corrected chi connectivity index (χ0v) is 12.8. The Morgan fingerprint density at radius 2 is 1.76 bits per heavy atom. The number of nitrogens with two attached hydrogens (primary N) is 1. The minimum Gasteiger partial charge on any atom is -0.328 e. The molecular weight excluding hydrogens is 258 g/mol. The predicted octanol–water partition coefficient (Wildman–Crippen LogP) is 3.51. The average molecular weight is 279 g/mol. The van der Waals surface area contributed by atoms with E-state index < -0.39 is 0 Å². The van der Waals surface area contributed by atoms with E-state index in [1.54, 1.807) is 0 Å². The molecule has 3 aromatic rings. The maximum Gasteiger partial charge on any atom is 0.0964 e. The van der Waals surface area contributed by atoms with Crippen LogP contribution in [0.2, 0.25) is 0 Å². The van der Waals surface area contributed by atoms with Crippen molar-refractivity contribution in [1.29, 1.82) is 0 Å². The van der Waals surface area contributed by atoms with E-state index in [0.29, 0.717) is 6.54 Å². The van der Waals surface area contributed by atoms with Crippen LogP contribution in [0.5, 0.6) is 0 Å². The van der Waals surface area contributed by atoms with E-state index in [4.69, 9.17) is 5.73 Å². The SMILES string of the molecule is Cc1cc2ncn(C(CN)c3ccccc3C)c2cc1C. The van der Waals surface area contributed by atoms with Crippen LogP contribution in [0.15, 0.2) is 42.7 Å². The third kappa shape index (κ3) is 2.34. The summed E-state index contributed by atoms with van der Waals surface area (Å²) in [4.78, 5) is 4.55. The Kier molecular flexibility index (Phi) is 3.52. The van der Waals surface area contributed by atoms with Crippen LogP contribution >= 0.6 is 0 Å². The lowest BCUT2D eigenvalue weighted by Crippen LogP contribution is -2.20. The molecule has 108 valence electrons. The summed E-state index contributed by atoms with van der Waals surface area (Å²) in [5.41, 5.74) is 13.3. The van der Waals surface area contributed by atoms with Crippen molar-refractivity contribution in [2.24, 2.45) is 5.73 Å². The third-order valence-corrected chi connectivity index (χ3v) is 4.30. The molecule has 2 aromatic carbocycles. The highest BCUT2D eigenvalue weighted by molar-refractivity contribution is 5.77. The minimum atomic E-state index is 0.123. The first-order valence-corrected chi connectivity index (χ1v) is 7.31. The second kappa shape index (κ2) is 5.34. The number of aromatic nitrogens is 2. The molecule has 0 amide bonds. The summed E-state index contributed by atoms with van der Waals surface area (Å²) in [5, 5.41) is 0. The van der Waals surface area contributed by atoms with Gasteiger partial charge in [-0.2, -0.15) is 0 Å². The molecular formula is C18H21N3. The predicted molar refractivity (Wildman–Crippen MR) is 87.6 cm³/mol. The molecule has 21 heavy (non-hydrogen) atoms. The molecule has 0 bridgehead atoms. The smallest absolute Gasteiger partial charge is 0.0964 e. The molecule has 1 heterocycles. The van der Waals surface area contributed by atoms with Crippen molar-refractivity contribution in [1.82, 2.24) is 9.55 Å². The van der Waals surface area contributed by atoms with Gasteiger partial charge >= 0.3 is 0 Å². The van der Waals surface area contributed by atoms with Crippen molar-refractivity contribution >= 4 is 11.0 Å². The van der Waals surface area contributed by atoms with Crippen molar-refractivity contribution in [2.45, 2.75) is 26.8 Å². The molecule has 0 aliphatic heterocycles. The molecule has 0 aliphatic rings. The fourth-order valence-corrected chi connectivity index (χ4v) is 2.88.